The average Bonchev–Trinajstić information content (AvgIpc) is 2.44. The molecule has 7 heteroatoms. The molecule has 5 nitrogen and oxygen atoms in total. The predicted molar refractivity (Wildman–Crippen MR) is 83.4 cm³/mol. The number of nitrogens with zero attached hydrogens (tertiary/aromatic N) is 1. The van der Waals surface area contributed by atoms with Crippen LogP contribution in [0.1, 0.15) is 17.3 Å². The van der Waals surface area contributed by atoms with E-state index in [1.54, 1.807) is 30.0 Å². The van der Waals surface area contributed by atoms with E-state index < -0.39 is 0 Å². The number of aromatic amines is 1. The second-order valence-corrected chi connectivity index (χ2v) is 6.03. The molecule has 2 rings (SSSR count). The van der Waals surface area contributed by atoms with Gasteiger partial charge in [-0.2, -0.15) is 0 Å². The van der Waals surface area contributed by atoms with E-state index in [1.165, 1.54) is 12.4 Å². The van der Waals surface area contributed by atoms with Crippen molar-refractivity contribution in [2.75, 3.05) is 11.1 Å². The molecule has 2 aromatic rings. The van der Waals surface area contributed by atoms with E-state index in [4.69, 9.17) is 0 Å². The van der Waals surface area contributed by atoms with Gasteiger partial charge in [-0.05, 0) is 39.9 Å². The zero-order chi connectivity index (χ0) is 14.5. The van der Waals surface area contributed by atoms with Crippen molar-refractivity contribution in [3.63, 3.8) is 0 Å². The van der Waals surface area contributed by atoms with Gasteiger partial charge in [-0.1, -0.05) is 6.92 Å². The summed E-state index contributed by atoms with van der Waals surface area (Å²) >= 11 is 4.83. The largest absolute Gasteiger partial charge is 0.326 e. The second-order valence-electron chi connectivity index (χ2n) is 3.83. The van der Waals surface area contributed by atoms with Crippen molar-refractivity contribution in [3.8, 4) is 0 Å². The normalized spacial score (nSPS) is 10.3. The molecule has 0 spiro atoms. The maximum atomic E-state index is 12.0. The fourth-order valence-corrected chi connectivity index (χ4v) is 2.42. The molecule has 2 heterocycles. The minimum Gasteiger partial charge on any atom is -0.326 e. The van der Waals surface area contributed by atoms with Crippen LogP contribution in [0.15, 0.2) is 44.9 Å². The zero-order valence-electron chi connectivity index (χ0n) is 10.6. The first-order valence-corrected chi connectivity index (χ1v) is 7.66. The van der Waals surface area contributed by atoms with E-state index in [-0.39, 0.29) is 17.2 Å². The number of halogens is 1. The zero-order valence-corrected chi connectivity index (χ0v) is 13.0. The van der Waals surface area contributed by atoms with Gasteiger partial charge in [-0.15, -0.1) is 11.8 Å². The first-order valence-electron chi connectivity index (χ1n) is 5.88. The van der Waals surface area contributed by atoms with Crippen LogP contribution in [0.2, 0.25) is 0 Å². The molecule has 0 saturated carbocycles. The van der Waals surface area contributed by atoms with Crippen molar-refractivity contribution < 1.29 is 4.79 Å². The minimum absolute atomic E-state index is 0.191. The summed E-state index contributed by atoms with van der Waals surface area (Å²) in [6, 6.07) is 5.02. The number of hydrogen-bond acceptors (Lipinski definition) is 4. The van der Waals surface area contributed by atoms with Gasteiger partial charge in [-0.25, -0.2) is 4.98 Å². The maximum Gasteiger partial charge on any atom is 0.271 e. The number of anilines is 1. The Morgan fingerprint density at radius 1 is 1.50 bits per heavy atom. The Morgan fingerprint density at radius 3 is 2.95 bits per heavy atom. The van der Waals surface area contributed by atoms with Gasteiger partial charge in [0.15, 0.2) is 0 Å². The third-order valence-electron chi connectivity index (χ3n) is 2.41. The number of rotatable bonds is 4. The lowest BCUT2D eigenvalue weighted by Gasteiger charge is -2.05. The summed E-state index contributed by atoms with van der Waals surface area (Å²) in [7, 11) is 0. The van der Waals surface area contributed by atoms with Crippen molar-refractivity contribution in [1.82, 2.24) is 9.97 Å². The third kappa shape index (κ3) is 3.71. The second kappa shape index (κ2) is 6.71. The van der Waals surface area contributed by atoms with Gasteiger partial charge < -0.3 is 10.3 Å². The maximum absolute atomic E-state index is 12.0. The van der Waals surface area contributed by atoms with Crippen LogP contribution in [-0.2, 0) is 0 Å². The summed E-state index contributed by atoms with van der Waals surface area (Å²) < 4.78 is 0.681. The highest BCUT2D eigenvalue weighted by molar-refractivity contribution is 9.10. The van der Waals surface area contributed by atoms with Crippen molar-refractivity contribution in [2.24, 2.45) is 0 Å². The molecule has 0 bridgehead atoms. The van der Waals surface area contributed by atoms with Gasteiger partial charge in [-0.3, -0.25) is 9.59 Å². The number of hydrogen-bond donors (Lipinski definition) is 2. The van der Waals surface area contributed by atoms with Crippen molar-refractivity contribution in [3.05, 3.63) is 51.0 Å². The fraction of sp³-hybridized carbons (Fsp3) is 0.154. The molecule has 20 heavy (non-hydrogen) atoms. The summed E-state index contributed by atoms with van der Waals surface area (Å²) in [5, 5.41) is 3.42. The van der Waals surface area contributed by atoms with Gasteiger partial charge in [0.1, 0.15) is 5.69 Å². The van der Waals surface area contributed by atoms with E-state index in [0.717, 1.165) is 10.8 Å². The molecule has 0 aliphatic carbocycles. The van der Waals surface area contributed by atoms with Crippen LogP contribution in [0.25, 0.3) is 0 Å². The number of aromatic nitrogens is 2. The summed E-state index contributed by atoms with van der Waals surface area (Å²) in [5.41, 5.74) is 0.244. The Labute approximate surface area is 128 Å². The van der Waals surface area contributed by atoms with Crippen LogP contribution in [0.4, 0.5) is 5.69 Å². The number of H-pyrrole nitrogens is 1. The monoisotopic (exact) mass is 353 g/mol. The van der Waals surface area contributed by atoms with Crippen molar-refractivity contribution in [1.29, 1.82) is 0 Å². The van der Waals surface area contributed by atoms with E-state index in [2.05, 4.69) is 31.2 Å². The molecular weight excluding hydrogens is 342 g/mol. The van der Waals surface area contributed by atoms with Crippen LogP contribution in [0.5, 0.6) is 0 Å². The first kappa shape index (κ1) is 14.8. The summed E-state index contributed by atoms with van der Waals surface area (Å²) in [4.78, 5) is 30.3. The van der Waals surface area contributed by atoms with Crippen LogP contribution < -0.4 is 10.9 Å². The van der Waals surface area contributed by atoms with Gasteiger partial charge in [0, 0.05) is 16.9 Å². The van der Waals surface area contributed by atoms with E-state index >= 15 is 0 Å². The quantitative estimate of drug-likeness (QED) is 0.828. The highest BCUT2D eigenvalue weighted by atomic mass is 79.9. The number of carbonyl (C=O) groups is 1. The number of amides is 1. The Balaban J connectivity index is 2.15. The molecule has 2 N–H and O–H groups in total. The van der Waals surface area contributed by atoms with Gasteiger partial charge >= 0.3 is 0 Å². The predicted octanol–water partition coefficient (Wildman–Crippen LogP) is 2.90. The molecule has 0 atom stereocenters. The Kier molecular flexibility index (Phi) is 4.97. The topological polar surface area (TPSA) is 74.8 Å². The lowest BCUT2D eigenvalue weighted by molar-refractivity contribution is 0.102. The highest BCUT2D eigenvalue weighted by Crippen LogP contribution is 2.15. The molecule has 0 fully saturated rings. The van der Waals surface area contributed by atoms with Gasteiger partial charge in [0.25, 0.3) is 11.5 Å². The Hall–Kier alpha value is -1.60. The fourth-order valence-electron chi connectivity index (χ4n) is 1.49. The highest BCUT2D eigenvalue weighted by Gasteiger charge is 2.09. The molecule has 0 saturated heterocycles. The molecule has 0 radical (unpaired) electrons. The van der Waals surface area contributed by atoms with Crippen molar-refractivity contribution in [2.45, 2.75) is 11.9 Å². The molecular formula is C13H12BrN3O2S. The molecule has 1 amide bonds. The van der Waals surface area contributed by atoms with Crippen molar-refractivity contribution >= 4 is 39.3 Å². The molecule has 0 aliphatic heterocycles. The SMILES string of the molecule is CCSc1ccc(C(=O)Nc2cc(Br)c[nH]c2=O)cn1. The first-order chi connectivity index (χ1) is 9.60. The standard InChI is InChI=1S/C13H12BrN3O2S/c1-2-20-11-4-3-8(6-15-11)12(18)17-10-5-9(14)7-16-13(10)19/h3-7H,2H2,1H3,(H,16,19)(H,17,18). The van der Waals surface area contributed by atoms with Crippen LogP contribution in [-0.4, -0.2) is 21.6 Å². The van der Waals surface area contributed by atoms with Crippen LogP contribution >= 0.6 is 27.7 Å². The molecule has 2 aromatic heterocycles. The Morgan fingerprint density at radius 2 is 2.30 bits per heavy atom. The average molecular weight is 354 g/mol. The van der Waals surface area contributed by atoms with Gasteiger partial charge in [0.05, 0.1) is 10.6 Å². The number of nitrogens with one attached hydrogen (secondary N) is 2. The number of thioether (sulfide) groups is 1. The van der Waals surface area contributed by atoms with E-state index in [0.29, 0.717) is 10.0 Å². The summed E-state index contributed by atoms with van der Waals surface area (Å²) in [6.07, 6.45) is 3.01. The van der Waals surface area contributed by atoms with E-state index in [9.17, 15) is 9.59 Å². The number of pyridine rings is 2. The molecule has 0 aromatic carbocycles. The van der Waals surface area contributed by atoms with Crippen LogP contribution in [0, 0.1) is 0 Å². The molecule has 0 unspecified atom stereocenters. The smallest absolute Gasteiger partial charge is 0.271 e. The summed E-state index contributed by atoms with van der Waals surface area (Å²) in [5.74, 6) is 0.556. The third-order valence-corrected chi connectivity index (χ3v) is 3.69. The lowest BCUT2D eigenvalue weighted by atomic mass is 10.2. The summed E-state index contributed by atoms with van der Waals surface area (Å²) in [6.45, 7) is 2.03. The van der Waals surface area contributed by atoms with Gasteiger partial charge in [0.2, 0.25) is 0 Å². The number of carbonyl (C=O) groups excluding carboxylic acids is 1. The Bertz CT molecular complexity index is 670. The molecule has 104 valence electrons. The van der Waals surface area contributed by atoms with E-state index in [1.807, 2.05) is 6.92 Å². The minimum atomic E-state index is -0.367. The lowest BCUT2D eigenvalue weighted by Crippen LogP contribution is -2.19. The molecule has 0 aliphatic rings. The van der Waals surface area contributed by atoms with Crippen LogP contribution in [0.3, 0.4) is 0 Å².